The Balaban J connectivity index is 0.000000361. The monoisotopic (exact) mass is 307 g/mol. The Bertz CT molecular complexity index is 255. The maximum Gasteiger partial charge on any atom is 0.484 e. The van der Waals surface area contributed by atoms with Crippen molar-refractivity contribution < 1.29 is 13.3 Å². The molecule has 1 fully saturated rings. The molecule has 0 aromatic rings. The lowest BCUT2D eigenvalue weighted by Crippen LogP contribution is -2.47. The van der Waals surface area contributed by atoms with Gasteiger partial charge in [0.25, 0.3) is 0 Å². The minimum Gasteiger partial charge on any atom is -0.376 e. The zero-order valence-electron chi connectivity index (χ0n) is 13.6. The smallest absolute Gasteiger partial charge is 0.376 e. The van der Waals surface area contributed by atoms with Crippen LogP contribution in [0.1, 0.15) is 47.5 Å². The van der Waals surface area contributed by atoms with Gasteiger partial charge in [-0.25, -0.2) is 0 Å². The molecule has 0 bridgehead atoms. The van der Waals surface area contributed by atoms with E-state index in [1.165, 1.54) is 0 Å². The first kappa shape index (κ1) is 20.0. The lowest BCUT2D eigenvalue weighted by molar-refractivity contribution is 0.107. The van der Waals surface area contributed by atoms with E-state index in [2.05, 4.69) is 6.92 Å². The van der Waals surface area contributed by atoms with Gasteiger partial charge in [-0.1, -0.05) is 13.8 Å². The molecule has 20 heavy (non-hydrogen) atoms. The summed E-state index contributed by atoms with van der Waals surface area (Å²) in [6, 6.07) is 0. The van der Waals surface area contributed by atoms with Gasteiger partial charge in [-0.3, -0.25) is 0 Å². The Morgan fingerprint density at radius 3 is 1.40 bits per heavy atom. The summed E-state index contributed by atoms with van der Waals surface area (Å²) in [7, 11) is -1.73. The fraction of sp³-hybridized carbons (Fsp3) is 1.00. The van der Waals surface area contributed by atoms with E-state index in [1.54, 1.807) is 0 Å². The summed E-state index contributed by atoms with van der Waals surface area (Å²) in [5.74, 6) is 0.310. The lowest BCUT2D eigenvalue weighted by atomic mass is 10.1. The highest BCUT2D eigenvalue weighted by molar-refractivity contribution is 6.36. The van der Waals surface area contributed by atoms with Crippen LogP contribution < -0.4 is 17.2 Å². The van der Waals surface area contributed by atoms with E-state index in [-0.39, 0.29) is 5.54 Å². The van der Waals surface area contributed by atoms with Crippen LogP contribution in [-0.4, -0.2) is 40.5 Å². The van der Waals surface area contributed by atoms with Gasteiger partial charge in [-0.05, 0) is 33.6 Å². The van der Waals surface area contributed by atoms with Crippen molar-refractivity contribution in [2.24, 2.45) is 23.1 Å². The topological polar surface area (TPSA) is 106 Å². The predicted molar refractivity (Wildman–Crippen MR) is 84.1 cm³/mol. The van der Waals surface area contributed by atoms with E-state index < -0.39 is 15.2 Å². The Labute approximate surface area is 125 Å². The first-order chi connectivity index (χ1) is 9.35. The molecule has 1 saturated carbocycles. The third-order valence-corrected chi connectivity index (χ3v) is 5.64. The van der Waals surface area contributed by atoms with Crippen LogP contribution in [0.4, 0.5) is 0 Å². The van der Waals surface area contributed by atoms with Crippen molar-refractivity contribution in [3.8, 4) is 0 Å². The summed E-state index contributed by atoms with van der Waals surface area (Å²) in [6.07, 6.45) is 1.86. The minimum absolute atomic E-state index is 0.290. The zero-order valence-corrected chi connectivity index (χ0v) is 14.8. The highest BCUT2D eigenvalue weighted by atomic mass is 28.3. The van der Waals surface area contributed by atoms with E-state index in [4.69, 9.17) is 30.5 Å². The molecular formula is C13H33N3O3Si. The van der Waals surface area contributed by atoms with Crippen LogP contribution in [0, 0.1) is 5.92 Å². The van der Waals surface area contributed by atoms with Crippen LogP contribution in [0.3, 0.4) is 0 Å². The standard InChI is InChI=1S/C7H17N3.C6H16O3Si/c1-3-5-6(8,4-2)7(5,9)10;1-4-7-10(8-5-2)9-6-3/h5H,3-4,8-10H2,1-2H3;10H,4-6H2,1-3H3. The van der Waals surface area contributed by atoms with Gasteiger partial charge < -0.3 is 30.5 Å². The Kier molecular flexibility index (Phi) is 9.08. The van der Waals surface area contributed by atoms with E-state index in [1.807, 2.05) is 27.7 Å². The first-order valence-electron chi connectivity index (χ1n) is 7.56. The third-order valence-electron chi connectivity index (χ3n) is 3.82. The molecular weight excluding hydrogens is 274 g/mol. The summed E-state index contributed by atoms with van der Waals surface area (Å²) in [6.45, 7) is 12.0. The fourth-order valence-electron chi connectivity index (χ4n) is 2.51. The predicted octanol–water partition coefficient (Wildman–Crippen LogP) is 0.561. The van der Waals surface area contributed by atoms with Gasteiger partial charge in [0, 0.05) is 25.7 Å². The molecule has 1 aliphatic rings. The van der Waals surface area contributed by atoms with Crippen molar-refractivity contribution in [3.05, 3.63) is 0 Å². The van der Waals surface area contributed by atoms with E-state index in [9.17, 15) is 0 Å². The second-order valence-electron chi connectivity index (χ2n) is 4.94. The highest BCUT2D eigenvalue weighted by Crippen LogP contribution is 2.50. The Morgan fingerprint density at radius 2 is 1.25 bits per heavy atom. The first-order valence-corrected chi connectivity index (χ1v) is 8.98. The molecule has 1 rings (SSSR count). The van der Waals surface area contributed by atoms with E-state index in [0.717, 1.165) is 12.8 Å². The Morgan fingerprint density at radius 1 is 0.850 bits per heavy atom. The summed E-state index contributed by atoms with van der Waals surface area (Å²) in [5, 5.41) is 0. The normalized spacial score (nSPS) is 27.1. The molecule has 0 saturated heterocycles. The maximum atomic E-state index is 5.93. The third kappa shape index (κ3) is 4.76. The summed E-state index contributed by atoms with van der Waals surface area (Å²) >= 11 is 0. The van der Waals surface area contributed by atoms with Crippen LogP contribution in [-0.2, 0) is 13.3 Å². The largest absolute Gasteiger partial charge is 0.484 e. The van der Waals surface area contributed by atoms with Crippen molar-refractivity contribution in [2.75, 3.05) is 19.8 Å². The average Bonchev–Trinajstić information content (AvgIpc) is 2.84. The maximum absolute atomic E-state index is 5.93. The average molecular weight is 308 g/mol. The Hall–Kier alpha value is -0.0231. The lowest BCUT2D eigenvalue weighted by Gasteiger charge is -2.12. The van der Waals surface area contributed by atoms with E-state index in [0.29, 0.717) is 25.7 Å². The van der Waals surface area contributed by atoms with Gasteiger partial charge in [0.2, 0.25) is 0 Å². The molecule has 0 aromatic carbocycles. The molecule has 0 spiro atoms. The van der Waals surface area contributed by atoms with Crippen LogP contribution in [0.2, 0.25) is 0 Å². The van der Waals surface area contributed by atoms with Crippen LogP contribution in [0.25, 0.3) is 0 Å². The van der Waals surface area contributed by atoms with Gasteiger partial charge in [-0.2, -0.15) is 0 Å². The van der Waals surface area contributed by atoms with Crippen molar-refractivity contribution >= 4 is 9.53 Å². The molecule has 6 nitrogen and oxygen atoms in total. The molecule has 0 aliphatic heterocycles. The van der Waals surface area contributed by atoms with Crippen molar-refractivity contribution in [1.29, 1.82) is 0 Å². The second-order valence-corrected chi connectivity index (χ2v) is 6.52. The highest BCUT2D eigenvalue weighted by Gasteiger charge is 2.68. The summed E-state index contributed by atoms with van der Waals surface area (Å²) < 4.78 is 15.7. The number of hydrogen-bond acceptors (Lipinski definition) is 6. The zero-order chi connectivity index (χ0) is 15.8. The molecule has 2 atom stereocenters. The summed E-state index contributed by atoms with van der Waals surface area (Å²) in [4.78, 5) is 0. The van der Waals surface area contributed by atoms with Crippen molar-refractivity contribution in [2.45, 2.75) is 58.7 Å². The minimum atomic E-state index is -1.73. The fourth-order valence-corrected chi connectivity index (χ4v) is 3.61. The number of hydrogen-bond donors (Lipinski definition) is 3. The van der Waals surface area contributed by atoms with Crippen LogP contribution in [0.15, 0.2) is 0 Å². The van der Waals surface area contributed by atoms with Crippen LogP contribution >= 0.6 is 0 Å². The van der Waals surface area contributed by atoms with Gasteiger partial charge >= 0.3 is 9.53 Å². The van der Waals surface area contributed by atoms with E-state index >= 15 is 0 Å². The molecule has 122 valence electrons. The molecule has 0 radical (unpaired) electrons. The molecule has 0 heterocycles. The van der Waals surface area contributed by atoms with Crippen molar-refractivity contribution in [1.82, 2.24) is 0 Å². The molecule has 1 aliphatic carbocycles. The quantitative estimate of drug-likeness (QED) is 0.447. The van der Waals surface area contributed by atoms with Gasteiger partial charge in [0.05, 0.1) is 11.2 Å². The molecule has 0 aromatic heterocycles. The van der Waals surface area contributed by atoms with Crippen molar-refractivity contribution in [3.63, 3.8) is 0 Å². The second kappa shape index (κ2) is 9.09. The molecule has 2 unspecified atom stereocenters. The van der Waals surface area contributed by atoms with Crippen LogP contribution in [0.5, 0.6) is 0 Å². The molecule has 6 N–H and O–H groups in total. The number of nitrogens with two attached hydrogens (primary N) is 3. The number of rotatable bonds is 8. The van der Waals surface area contributed by atoms with Gasteiger partial charge in [0.15, 0.2) is 0 Å². The summed E-state index contributed by atoms with van der Waals surface area (Å²) in [5.41, 5.74) is 16.6. The van der Waals surface area contributed by atoms with Gasteiger partial charge in [-0.15, -0.1) is 0 Å². The molecule has 7 heteroatoms. The SMILES string of the molecule is CCC1C(N)(N)C1(N)CC.CCO[SiH](OCC)OCC. The van der Waals surface area contributed by atoms with Gasteiger partial charge in [0.1, 0.15) is 0 Å². The molecule has 0 amide bonds.